The van der Waals surface area contributed by atoms with Crippen molar-refractivity contribution in [2.24, 2.45) is 5.92 Å². The molecule has 0 atom stereocenters. The number of methoxy groups -OCH3 is 1. The van der Waals surface area contributed by atoms with Crippen molar-refractivity contribution >= 4 is 5.91 Å². The lowest BCUT2D eigenvalue weighted by Crippen LogP contribution is -2.27. The number of aromatic nitrogens is 2. The Morgan fingerprint density at radius 3 is 2.77 bits per heavy atom. The normalized spacial score (nSPS) is 10.8. The maximum Gasteiger partial charge on any atom is 0.259 e. The van der Waals surface area contributed by atoms with Crippen LogP contribution in [-0.2, 0) is 0 Å². The van der Waals surface area contributed by atoms with Gasteiger partial charge >= 0.3 is 0 Å². The summed E-state index contributed by atoms with van der Waals surface area (Å²) < 4.78 is 10.6. The molecule has 0 bridgehead atoms. The molecule has 6 nitrogen and oxygen atoms in total. The number of hydrogen-bond donors (Lipinski definition) is 1. The van der Waals surface area contributed by atoms with Crippen molar-refractivity contribution in [1.29, 1.82) is 0 Å². The molecule has 0 unspecified atom stereocenters. The monoisotopic (exact) mass is 351 g/mol. The van der Waals surface area contributed by atoms with Gasteiger partial charge in [-0.25, -0.2) is 0 Å². The second-order valence-corrected chi connectivity index (χ2v) is 6.30. The number of rotatable bonds is 6. The first-order valence-corrected chi connectivity index (χ1v) is 8.44. The molecule has 0 aliphatic heterocycles. The van der Waals surface area contributed by atoms with Crippen molar-refractivity contribution in [2.45, 2.75) is 13.8 Å². The van der Waals surface area contributed by atoms with E-state index in [4.69, 9.17) is 9.26 Å². The van der Waals surface area contributed by atoms with Crippen molar-refractivity contribution in [2.75, 3.05) is 13.7 Å². The van der Waals surface area contributed by atoms with Crippen LogP contribution in [0.2, 0.25) is 0 Å². The standard InChI is InChI=1S/C20H21N3O3/c1-13(2)12-21-19(24)16-9-4-5-10-17(16)20-22-18(23-26-20)14-7-6-8-15(11-14)25-3/h4-11,13H,12H2,1-3H3,(H,21,24). The fraction of sp³-hybridized carbons (Fsp3) is 0.250. The molecule has 26 heavy (non-hydrogen) atoms. The maximum atomic E-state index is 12.5. The van der Waals surface area contributed by atoms with E-state index in [0.29, 0.717) is 41.1 Å². The fourth-order valence-corrected chi connectivity index (χ4v) is 2.47. The molecular weight excluding hydrogens is 330 g/mol. The van der Waals surface area contributed by atoms with Gasteiger partial charge in [-0.2, -0.15) is 4.98 Å². The second-order valence-electron chi connectivity index (χ2n) is 6.30. The molecule has 0 aliphatic carbocycles. The van der Waals surface area contributed by atoms with Crippen LogP contribution in [0.4, 0.5) is 0 Å². The number of amides is 1. The molecule has 0 saturated carbocycles. The van der Waals surface area contributed by atoms with Crippen molar-refractivity contribution in [1.82, 2.24) is 15.5 Å². The van der Waals surface area contributed by atoms with Gasteiger partial charge in [0.25, 0.3) is 11.8 Å². The summed E-state index contributed by atoms with van der Waals surface area (Å²) in [7, 11) is 1.60. The maximum absolute atomic E-state index is 12.5. The quantitative estimate of drug-likeness (QED) is 0.731. The first-order valence-electron chi connectivity index (χ1n) is 8.44. The topological polar surface area (TPSA) is 77.2 Å². The molecule has 1 aromatic heterocycles. The minimum Gasteiger partial charge on any atom is -0.497 e. The van der Waals surface area contributed by atoms with Gasteiger partial charge in [-0.3, -0.25) is 4.79 Å². The average Bonchev–Trinajstić information content (AvgIpc) is 3.16. The number of carbonyl (C=O) groups is 1. The highest BCUT2D eigenvalue weighted by Gasteiger charge is 2.18. The summed E-state index contributed by atoms with van der Waals surface area (Å²) in [5.41, 5.74) is 1.89. The van der Waals surface area contributed by atoms with Gasteiger partial charge in [0, 0.05) is 12.1 Å². The van der Waals surface area contributed by atoms with Gasteiger partial charge in [-0.15, -0.1) is 0 Å². The zero-order valence-corrected chi connectivity index (χ0v) is 15.0. The lowest BCUT2D eigenvalue weighted by Gasteiger charge is -2.09. The molecular formula is C20H21N3O3. The number of benzene rings is 2. The zero-order chi connectivity index (χ0) is 18.5. The van der Waals surface area contributed by atoms with Gasteiger partial charge in [0.05, 0.1) is 18.2 Å². The summed E-state index contributed by atoms with van der Waals surface area (Å²) >= 11 is 0. The third-order valence-electron chi connectivity index (χ3n) is 3.83. The van der Waals surface area contributed by atoms with E-state index in [2.05, 4.69) is 15.5 Å². The van der Waals surface area contributed by atoms with Gasteiger partial charge in [-0.05, 0) is 30.2 Å². The van der Waals surface area contributed by atoms with Gasteiger partial charge in [0.15, 0.2) is 0 Å². The third kappa shape index (κ3) is 3.91. The highest BCUT2D eigenvalue weighted by Crippen LogP contribution is 2.26. The van der Waals surface area contributed by atoms with E-state index in [0.717, 1.165) is 5.56 Å². The Labute approximate surface area is 152 Å². The Bertz CT molecular complexity index is 903. The summed E-state index contributed by atoms with van der Waals surface area (Å²) in [6, 6.07) is 14.6. The van der Waals surface area contributed by atoms with E-state index < -0.39 is 0 Å². The van der Waals surface area contributed by atoms with E-state index in [1.54, 1.807) is 19.2 Å². The number of ether oxygens (including phenoxy) is 1. The molecule has 0 fully saturated rings. The zero-order valence-electron chi connectivity index (χ0n) is 15.0. The van der Waals surface area contributed by atoms with E-state index in [9.17, 15) is 4.79 Å². The Hall–Kier alpha value is -3.15. The SMILES string of the molecule is COc1cccc(-c2noc(-c3ccccc3C(=O)NCC(C)C)n2)c1. The molecule has 3 rings (SSSR count). The molecule has 3 aromatic rings. The molecule has 1 amide bonds. The average molecular weight is 351 g/mol. The van der Waals surface area contributed by atoms with Crippen LogP contribution in [0.25, 0.3) is 22.8 Å². The first kappa shape index (κ1) is 17.7. The van der Waals surface area contributed by atoms with Crippen LogP contribution in [0.15, 0.2) is 53.1 Å². The Kier molecular flexibility index (Phi) is 5.31. The van der Waals surface area contributed by atoms with Crippen LogP contribution in [0.1, 0.15) is 24.2 Å². The molecule has 2 aromatic carbocycles. The Morgan fingerprint density at radius 1 is 1.19 bits per heavy atom. The molecule has 0 aliphatic rings. The minimum absolute atomic E-state index is 0.157. The molecule has 0 spiro atoms. The Morgan fingerprint density at radius 2 is 2.00 bits per heavy atom. The molecule has 1 N–H and O–H groups in total. The summed E-state index contributed by atoms with van der Waals surface area (Å²) in [4.78, 5) is 16.9. The van der Waals surface area contributed by atoms with Gasteiger partial charge < -0.3 is 14.6 Å². The van der Waals surface area contributed by atoms with Crippen molar-refractivity contribution < 1.29 is 14.1 Å². The molecule has 0 radical (unpaired) electrons. The van der Waals surface area contributed by atoms with Gasteiger partial charge in [0.1, 0.15) is 5.75 Å². The van der Waals surface area contributed by atoms with Gasteiger partial charge in [-0.1, -0.05) is 43.3 Å². The van der Waals surface area contributed by atoms with Crippen molar-refractivity contribution in [3.05, 3.63) is 54.1 Å². The minimum atomic E-state index is -0.157. The fourth-order valence-electron chi connectivity index (χ4n) is 2.47. The molecule has 0 saturated heterocycles. The first-order chi connectivity index (χ1) is 12.6. The van der Waals surface area contributed by atoms with Crippen LogP contribution in [-0.4, -0.2) is 29.7 Å². The lowest BCUT2D eigenvalue weighted by atomic mass is 10.1. The predicted molar refractivity (Wildman–Crippen MR) is 98.9 cm³/mol. The highest BCUT2D eigenvalue weighted by molar-refractivity contribution is 6.00. The molecule has 134 valence electrons. The smallest absolute Gasteiger partial charge is 0.259 e. The van der Waals surface area contributed by atoms with Crippen LogP contribution >= 0.6 is 0 Å². The molecule has 1 heterocycles. The van der Waals surface area contributed by atoms with E-state index in [1.807, 2.05) is 50.2 Å². The van der Waals surface area contributed by atoms with Crippen LogP contribution in [0.5, 0.6) is 5.75 Å². The predicted octanol–water partition coefficient (Wildman–Crippen LogP) is 3.80. The molecule has 6 heteroatoms. The lowest BCUT2D eigenvalue weighted by molar-refractivity contribution is 0.0949. The number of hydrogen-bond acceptors (Lipinski definition) is 5. The Balaban J connectivity index is 1.91. The van der Waals surface area contributed by atoms with Gasteiger partial charge in [0.2, 0.25) is 5.82 Å². The highest BCUT2D eigenvalue weighted by atomic mass is 16.5. The van der Waals surface area contributed by atoms with Crippen molar-refractivity contribution in [3.8, 4) is 28.6 Å². The van der Waals surface area contributed by atoms with Crippen LogP contribution < -0.4 is 10.1 Å². The largest absolute Gasteiger partial charge is 0.497 e. The number of nitrogens with one attached hydrogen (secondary N) is 1. The third-order valence-corrected chi connectivity index (χ3v) is 3.83. The summed E-state index contributed by atoms with van der Waals surface area (Å²) in [5.74, 6) is 1.67. The summed E-state index contributed by atoms with van der Waals surface area (Å²) in [5, 5.41) is 6.96. The van der Waals surface area contributed by atoms with E-state index >= 15 is 0 Å². The second kappa shape index (κ2) is 7.82. The van der Waals surface area contributed by atoms with Crippen molar-refractivity contribution in [3.63, 3.8) is 0 Å². The van der Waals surface area contributed by atoms with Crippen LogP contribution in [0.3, 0.4) is 0 Å². The number of carbonyl (C=O) groups excluding carboxylic acids is 1. The van der Waals surface area contributed by atoms with E-state index in [-0.39, 0.29) is 5.91 Å². The summed E-state index contributed by atoms with van der Waals surface area (Å²) in [6.07, 6.45) is 0. The van der Waals surface area contributed by atoms with Crippen LogP contribution in [0, 0.1) is 5.92 Å². The van der Waals surface area contributed by atoms with E-state index in [1.165, 1.54) is 0 Å². The summed E-state index contributed by atoms with van der Waals surface area (Å²) in [6.45, 7) is 4.70. The number of nitrogens with zero attached hydrogens (tertiary/aromatic N) is 2.